The number of aliphatic carboxylic acids is 1. The smallest absolute Gasteiger partial charge is 0.320 e. The highest BCUT2D eigenvalue weighted by molar-refractivity contribution is 5.97. The quantitative estimate of drug-likeness (QED) is 0.580. The monoisotopic (exact) mass is 378 g/mol. The van der Waals surface area contributed by atoms with E-state index in [0.717, 1.165) is 19.3 Å². The van der Waals surface area contributed by atoms with Gasteiger partial charge in [0.05, 0.1) is 5.56 Å². The van der Waals surface area contributed by atoms with Gasteiger partial charge in [-0.1, -0.05) is 13.8 Å². The van der Waals surface area contributed by atoms with Crippen LogP contribution in [0.2, 0.25) is 0 Å². The lowest BCUT2D eigenvalue weighted by atomic mass is 9.92. The molecule has 1 heterocycles. The minimum atomic E-state index is -0.857. The summed E-state index contributed by atoms with van der Waals surface area (Å²) in [6, 6.07) is 2.38. The van der Waals surface area contributed by atoms with Gasteiger partial charge >= 0.3 is 5.97 Å². The van der Waals surface area contributed by atoms with Gasteiger partial charge in [0.1, 0.15) is 17.5 Å². The lowest BCUT2D eigenvalue weighted by molar-refractivity contribution is -0.139. The van der Waals surface area contributed by atoms with Gasteiger partial charge in [-0.15, -0.1) is 0 Å². The number of carbonyl (C=O) groups is 2. The molecular formula is C20H30N2O5. The zero-order valence-electron chi connectivity index (χ0n) is 16.2. The second kappa shape index (κ2) is 9.08. The molecule has 27 heavy (non-hydrogen) atoms. The lowest BCUT2D eigenvalue weighted by Gasteiger charge is -2.32. The molecule has 2 rings (SSSR count). The van der Waals surface area contributed by atoms with Crippen LogP contribution in [-0.2, 0) is 4.79 Å². The zero-order chi connectivity index (χ0) is 20.1. The first-order valence-corrected chi connectivity index (χ1v) is 9.52. The molecule has 150 valence electrons. The van der Waals surface area contributed by atoms with Crippen molar-refractivity contribution in [2.24, 2.45) is 5.92 Å². The fourth-order valence-electron chi connectivity index (χ4n) is 3.53. The molecule has 0 saturated carbocycles. The van der Waals surface area contributed by atoms with Gasteiger partial charge in [-0.25, -0.2) is 0 Å². The number of phenolic OH excluding ortho intramolecular Hbond substituents is 2. The number of likely N-dealkylation sites (tertiary alicyclic amines) is 1. The van der Waals surface area contributed by atoms with Crippen molar-refractivity contribution in [2.45, 2.75) is 52.0 Å². The van der Waals surface area contributed by atoms with Crippen molar-refractivity contribution in [3.8, 4) is 11.5 Å². The SMILES string of the molecule is CC(C)c1c(O)ccc(C(=O)N2CCC(CCN[C@@H](C)C(=O)O)CC2)c1O. The number of nitrogens with one attached hydrogen (secondary N) is 1. The molecule has 0 bridgehead atoms. The Balaban J connectivity index is 1.92. The summed E-state index contributed by atoms with van der Waals surface area (Å²) in [7, 11) is 0. The van der Waals surface area contributed by atoms with Crippen LogP contribution < -0.4 is 5.32 Å². The van der Waals surface area contributed by atoms with E-state index >= 15 is 0 Å². The molecule has 0 radical (unpaired) electrons. The highest BCUT2D eigenvalue weighted by Crippen LogP contribution is 2.37. The minimum absolute atomic E-state index is 0.000785. The van der Waals surface area contributed by atoms with Crippen molar-refractivity contribution >= 4 is 11.9 Å². The Morgan fingerprint density at radius 2 is 1.81 bits per heavy atom. The highest BCUT2D eigenvalue weighted by atomic mass is 16.4. The van der Waals surface area contributed by atoms with E-state index in [9.17, 15) is 19.8 Å². The number of nitrogens with zero attached hydrogens (tertiary/aromatic N) is 1. The van der Waals surface area contributed by atoms with Crippen LogP contribution in [0.5, 0.6) is 11.5 Å². The van der Waals surface area contributed by atoms with Gasteiger partial charge in [-0.3, -0.25) is 9.59 Å². The summed E-state index contributed by atoms with van der Waals surface area (Å²) in [5.41, 5.74) is 0.626. The third-order valence-corrected chi connectivity index (χ3v) is 5.28. The van der Waals surface area contributed by atoms with Crippen LogP contribution in [0.3, 0.4) is 0 Å². The number of hydrogen-bond acceptors (Lipinski definition) is 5. The van der Waals surface area contributed by atoms with Crippen LogP contribution in [-0.4, -0.2) is 57.8 Å². The summed E-state index contributed by atoms with van der Waals surface area (Å²) in [5.74, 6) is -0.855. The van der Waals surface area contributed by atoms with E-state index in [2.05, 4.69) is 5.32 Å². The minimum Gasteiger partial charge on any atom is -0.508 e. The van der Waals surface area contributed by atoms with Gasteiger partial charge in [-0.2, -0.15) is 0 Å². The average Bonchev–Trinajstić information content (AvgIpc) is 2.61. The van der Waals surface area contributed by atoms with E-state index in [0.29, 0.717) is 31.1 Å². The lowest BCUT2D eigenvalue weighted by Crippen LogP contribution is -2.40. The summed E-state index contributed by atoms with van der Waals surface area (Å²) in [6.45, 7) is 7.19. The molecule has 1 aromatic carbocycles. The number of carboxylic acid groups (broad SMARTS) is 1. The molecule has 0 spiro atoms. The van der Waals surface area contributed by atoms with Crippen LogP contribution in [0.15, 0.2) is 12.1 Å². The molecule has 1 amide bonds. The van der Waals surface area contributed by atoms with E-state index in [4.69, 9.17) is 5.11 Å². The molecule has 1 saturated heterocycles. The van der Waals surface area contributed by atoms with Crippen molar-refractivity contribution < 1.29 is 24.9 Å². The van der Waals surface area contributed by atoms with Crippen molar-refractivity contribution in [2.75, 3.05) is 19.6 Å². The molecule has 0 aromatic heterocycles. The maximum atomic E-state index is 12.8. The first-order chi connectivity index (χ1) is 12.7. The molecule has 7 nitrogen and oxygen atoms in total. The van der Waals surface area contributed by atoms with E-state index < -0.39 is 12.0 Å². The first kappa shape index (κ1) is 21.0. The molecule has 0 aliphatic carbocycles. The van der Waals surface area contributed by atoms with E-state index in [1.807, 2.05) is 13.8 Å². The van der Waals surface area contributed by atoms with Gasteiger partial charge in [-0.05, 0) is 56.7 Å². The predicted molar refractivity (Wildman–Crippen MR) is 102 cm³/mol. The first-order valence-electron chi connectivity index (χ1n) is 9.52. The number of piperidine rings is 1. The average molecular weight is 378 g/mol. The van der Waals surface area contributed by atoms with E-state index in [1.54, 1.807) is 11.8 Å². The maximum absolute atomic E-state index is 12.8. The Hall–Kier alpha value is -2.28. The summed E-state index contributed by atoms with van der Waals surface area (Å²) in [4.78, 5) is 25.3. The van der Waals surface area contributed by atoms with Crippen molar-refractivity contribution in [1.29, 1.82) is 0 Å². The molecule has 1 aliphatic heterocycles. The number of hydrogen-bond donors (Lipinski definition) is 4. The van der Waals surface area contributed by atoms with Gasteiger partial charge < -0.3 is 25.5 Å². The Morgan fingerprint density at radius 1 is 1.19 bits per heavy atom. The molecular weight excluding hydrogens is 348 g/mol. The predicted octanol–water partition coefficient (Wildman–Crippen LogP) is 2.53. The Labute approximate surface area is 160 Å². The molecule has 1 atom stereocenters. The van der Waals surface area contributed by atoms with E-state index in [1.165, 1.54) is 12.1 Å². The van der Waals surface area contributed by atoms with Crippen LogP contribution >= 0.6 is 0 Å². The number of benzene rings is 1. The van der Waals surface area contributed by atoms with Gasteiger partial charge in [0.15, 0.2) is 0 Å². The number of phenols is 2. The fourth-order valence-corrected chi connectivity index (χ4v) is 3.53. The third kappa shape index (κ3) is 5.13. The topological polar surface area (TPSA) is 110 Å². The van der Waals surface area contributed by atoms with Crippen molar-refractivity contribution in [1.82, 2.24) is 10.2 Å². The van der Waals surface area contributed by atoms with Gasteiger partial charge in [0, 0.05) is 18.7 Å². The van der Waals surface area contributed by atoms with Crippen LogP contribution in [0, 0.1) is 5.92 Å². The van der Waals surface area contributed by atoms with E-state index in [-0.39, 0.29) is 28.9 Å². The third-order valence-electron chi connectivity index (χ3n) is 5.28. The summed E-state index contributed by atoms with van der Waals surface area (Å²) in [6.07, 6.45) is 2.58. The van der Waals surface area contributed by atoms with Gasteiger partial charge in [0.2, 0.25) is 0 Å². The molecule has 7 heteroatoms. The van der Waals surface area contributed by atoms with Crippen LogP contribution in [0.1, 0.15) is 61.9 Å². The van der Waals surface area contributed by atoms with Crippen molar-refractivity contribution in [3.05, 3.63) is 23.3 Å². The standard InChI is InChI=1S/C20H30N2O5/c1-12(2)17-16(23)5-4-15(18(17)24)19(25)22-10-7-14(8-11-22)6-9-21-13(3)20(26)27/h4-5,12-14,21,23-24H,6-11H2,1-3H3,(H,26,27)/t13-/m0/s1. The second-order valence-electron chi connectivity index (χ2n) is 7.59. The zero-order valence-corrected chi connectivity index (χ0v) is 16.2. The normalized spacial score (nSPS) is 16.5. The fraction of sp³-hybridized carbons (Fsp3) is 0.600. The highest BCUT2D eigenvalue weighted by Gasteiger charge is 2.27. The maximum Gasteiger partial charge on any atom is 0.320 e. The molecule has 1 aliphatic rings. The Kier molecular flexibility index (Phi) is 7.07. The number of amides is 1. The Morgan fingerprint density at radius 3 is 2.37 bits per heavy atom. The summed E-state index contributed by atoms with van der Waals surface area (Å²) >= 11 is 0. The largest absolute Gasteiger partial charge is 0.508 e. The van der Waals surface area contributed by atoms with Crippen LogP contribution in [0.4, 0.5) is 0 Å². The second-order valence-corrected chi connectivity index (χ2v) is 7.59. The number of aromatic hydroxyl groups is 2. The molecule has 1 fully saturated rings. The molecule has 4 N–H and O–H groups in total. The number of carbonyl (C=O) groups excluding carboxylic acids is 1. The Bertz CT molecular complexity index is 681. The van der Waals surface area contributed by atoms with Crippen molar-refractivity contribution in [3.63, 3.8) is 0 Å². The molecule has 0 unspecified atom stereocenters. The summed E-state index contributed by atoms with van der Waals surface area (Å²) < 4.78 is 0. The number of rotatable bonds is 7. The summed E-state index contributed by atoms with van der Waals surface area (Å²) in [5, 5.41) is 32.2. The molecule has 1 aromatic rings. The van der Waals surface area contributed by atoms with Gasteiger partial charge in [0.25, 0.3) is 5.91 Å². The number of carboxylic acids is 1. The van der Waals surface area contributed by atoms with Crippen LogP contribution in [0.25, 0.3) is 0 Å².